The van der Waals surface area contributed by atoms with Gasteiger partial charge < -0.3 is 5.73 Å². The summed E-state index contributed by atoms with van der Waals surface area (Å²) in [5.74, 6) is -0.215. The van der Waals surface area contributed by atoms with Crippen molar-refractivity contribution in [3.05, 3.63) is 69.5 Å². The molecule has 0 aromatic heterocycles. The van der Waals surface area contributed by atoms with E-state index in [0.717, 1.165) is 11.1 Å². The number of hydrogen-bond acceptors (Lipinski definition) is 1. The summed E-state index contributed by atoms with van der Waals surface area (Å²) < 4.78 is 13.3. The molecule has 1 unspecified atom stereocenters. The number of benzene rings is 2. The van der Waals surface area contributed by atoms with Crippen LogP contribution >= 0.6 is 23.2 Å². The van der Waals surface area contributed by atoms with Gasteiger partial charge in [0.15, 0.2) is 0 Å². The SMILES string of the molecule is NCC(Cc1ccc(Cl)cc1Cl)c1cccc(F)c1. The van der Waals surface area contributed by atoms with Gasteiger partial charge in [-0.2, -0.15) is 0 Å². The van der Waals surface area contributed by atoms with E-state index in [1.165, 1.54) is 12.1 Å². The van der Waals surface area contributed by atoms with Crippen LogP contribution in [0.15, 0.2) is 42.5 Å². The van der Waals surface area contributed by atoms with Crippen molar-refractivity contribution in [1.82, 2.24) is 0 Å². The maximum atomic E-state index is 13.3. The Hall–Kier alpha value is -1.09. The third-order valence-corrected chi connectivity index (χ3v) is 3.67. The molecule has 0 fully saturated rings. The van der Waals surface area contributed by atoms with Gasteiger partial charge in [-0.1, -0.05) is 41.4 Å². The molecule has 0 heterocycles. The van der Waals surface area contributed by atoms with Crippen molar-refractivity contribution in [2.45, 2.75) is 12.3 Å². The monoisotopic (exact) mass is 297 g/mol. The number of nitrogens with two attached hydrogens (primary N) is 1. The first-order valence-electron chi connectivity index (χ1n) is 5.99. The smallest absolute Gasteiger partial charge is 0.123 e. The standard InChI is InChI=1S/C15H14Cl2FN/c16-13-5-4-11(15(17)8-13)6-12(9-19)10-2-1-3-14(18)7-10/h1-5,7-8,12H,6,9,19H2. The number of halogens is 3. The lowest BCUT2D eigenvalue weighted by Gasteiger charge is -2.16. The molecule has 1 nitrogen and oxygen atoms in total. The van der Waals surface area contributed by atoms with Gasteiger partial charge in [0.05, 0.1) is 0 Å². The molecule has 1 atom stereocenters. The summed E-state index contributed by atoms with van der Waals surface area (Å²) in [6, 6.07) is 11.9. The first-order chi connectivity index (χ1) is 9.10. The zero-order valence-corrected chi connectivity index (χ0v) is 11.8. The van der Waals surface area contributed by atoms with E-state index in [1.54, 1.807) is 18.2 Å². The van der Waals surface area contributed by atoms with Crippen LogP contribution in [0.25, 0.3) is 0 Å². The second-order valence-electron chi connectivity index (χ2n) is 4.43. The Morgan fingerprint density at radius 2 is 1.89 bits per heavy atom. The van der Waals surface area contributed by atoms with Crippen LogP contribution < -0.4 is 5.73 Å². The second kappa shape index (κ2) is 6.38. The van der Waals surface area contributed by atoms with Gasteiger partial charge in [0, 0.05) is 16.0 Å². The molecule has 0 bridgehead atoms. The molecular formula is C15H14Cl2FN. The number of rotatable bonds is 4. The minimum Gasteiger partial charge on any atom is -0.330 e. The van der Waals surface area contributed by atoms with Crippen LogP contribution in [0.2, 0.25) is 10.0 Å². The Labute approximate surface area is 122 Å². The molecule has 2 rings (SSSR count). The zero-order valence-electron chi connectivity index (χ0n) is 10.2. The van der Waals surface area contributed by atoms with Crippen LogP contribution in [0.1, 0.15) is 17.0 Å². The van der Waals surface area contributed by atoms with Gasteiger partial charge in [0.1, 0.15) is 5.82 Å². The fraction of sp³-hybridized carbons (Fsp3) is 0.200. The first-order valence-corrected chi connectivity index (χ1v) is 6.75. The lowest BCUT2D eigenvalue weighted by molar-refractivity contribution is 0.616. The molecule has 100 valence electrons. The van der Waals surface area contributed by atoms with Gasteiger partial charge in [0.25, 0.3) is 0 Å². The van der Waals surface area contributed by atoms with Crippen LogP contribution in [0, 0.1) is 5.82 Å². The quantitative estimate of drug-likeness (QED) is 0.888. The molecule has 19 heavy (non-hydrogen) atoms. The summed E-state index contributed by atoms with van der Waals surface area (Å²) in [5, 5.41) is 1.21. The lowest BCUT2D eigenvalue weighted by atomic mass is 9.92. The minimum absolute atomic E-state index is 0.0365. The topological polar surface area (TPSA) is 26.0 Å². The Bertz CT molecular complexity index is 572. The Balaban J connectivity index is 2.24. The van der Waals surface area contributed by atoms with Crippen LogP contribution in [-0.4, -0.2) is 6.54 Å². The zero-order chi connectivity index (χ0) is 13.8. The minimum atomic E-state index is -0.252. The van der Waals surface area contributed by atoms with E-state index in [2.05, 4.69) is 0 Å². The normalized spacial score (nSPS) is 12.4. The molecule has 0 saturated heterocycles. The molecule has 0 saturated carbocycles. The third kappa shape index (κ3) is 3.69. The summed E-state index contributed by atoms with van der Waals surface area (Å²) in [5.41, 5.74) is 7.64. The van der Waals surface area contributed by atoms with E-state index < -0.39 is 0 Å². The first kappa shape index (κ1) is 14.3. The maximum Gasteiger partial charge on any atom is 0.123 e. The van der Waals surface area contributed by atoms with E-state index >= 15 is 0 Å². The van der Waals surface area contributed by atoms with E-state index in [0.29, 0.717) is 23.0 Å². The molecule has 2 aromatic carbocycles. The van der Waals surface area contributed by atoms with E-state index in [9.17, 15) is 4.39 Å². The lowest BCUT2D eigenvalue weighted by Crippen LogP contribution is -2.15. The largest absolute Gasteiger partial charge is 0.330 e. The molecule has 0 aliphatic carbocycles. The summed E-state index contributed by atoms with van der Waals surface area (Å²) in [6.07, 6.45) is 0.663. The van der Waals surface area contributed by atoms with Crippen LogP contribution in [-0.2, 0) is 6.42 Å². The van der Waals surface area contributed by atoms with Crippen LogP contribution in [0.3, 0.4) is 0 Å². The van der Waals surface area contributed by atoms with Crippen molar-refractivity contribution in [3.63, 3.8) is 0 Å². The van der Waals surface area contributed by atoms with Gasteiger partial charge in [0.2, 0.25) is 0 Å². The second-order valence-corrected chi connectivity index (χ2v) is 5.27. The van der Waals surface area contributed by atoms with Crippen molar-refractivity contribution in [1.29, 1.82) is 0 Å². The van der Waals surface area contributed by atoms with Crippen molar-refractivity contribution in [3.8, 4) is 0 Å². The summed E-state index contributed by atoms with van der Waals surface area (Å²) in [6.45, 7) is 0.433. The Morgan fingerprint density at radius 1 is 1.11 bits per heavy atom. The average molecular weight is 298 g/mol. The fourth-order valence-corrected chi connectivity index (χ4v) is 2.54. The van der Waals surface area contributed by atoms with Gasteiger partial charge in [-0.05, 0) is 48.4 Å². The van der Waals surface area contributed by atoms with E-state index in [1.807, 2.05) is 12.1 Å². The molecule has 4 heteroatoms. The fourth-order valence-electron chi connectivity index (χ4n) is 2.05. The van der Waals surface area contributed by atoms with Gasteiger partial charge in [-0.15, -0.1) is 0 Å². The van der Waals surface area contributed by atoms with Crippen molar-refractivity contribution in [2.75, 3.05) is 6.54 Å². The van der Waals surface area contributed by atoms with Gasteiger partial charge >= 0.3 is 0 Å². The van der Waals surface area contributed by atoms with Crippen molar-refractivity contribution < 1.29 is 4.39 Å². The van der Waals surface area contributed by atoms with Crippen LogP contribution in [0.5, 0.6) is 0 Å². The molecule has 0 spiro atoms. The van der Waals surface area contributed by atoms with Gasteiger partial charge in [-0.25, -0.2) is 4.39 Å². The molecule has 0 amide bonds. The highest BCUT2D eigenvalue weighted by Gasteiger charge is 2.13. The predicted octanol–water partition coefficient (Wildman–Crippen LogP) is 4.42. The average Bonchev–Trinajstić information content (AvgIpc) is 2.38. The van der Waals surface area contributed by atoms with Crippen molar-refractivity contribution in [2.24, 2.45) is 5.73 Å². The molecule has 0 aliphatic heterocycles. The van der Waals surface area contributed by atoms with Gasteiger partial charge in [-0.3, -0.25) is 0 Å². The summed E-state index contributed by atoms with van der Waals surface area (Å²) in [7, 11) is 0. The molecule has 0 aliphatic rings. The Morgan fingerprint density at radius 3 is 2.53 bits per heavy atom. The highest BCUT2D eigenvalue weighted by Crippen LogP contribution is 2.27. The predicted molar refractivity (Wildman–Crippen MR) is 78.4 cm³/mol. The maximum absolute atomic E-state index is 13.3. The molecule has 2 aromatic rings. The van der Waals surface area contributed by atoms with Crippen LogP contribution in [0.4, 0.5) is 4.39 Å². The van der Waals surface area contributed by atoms with E-state index in [4.69, 9.17) is 28.9 Å². The third-order valence-electron chi connectivity index (χ3n) is 3.09. The Kier molecular flexibility index (Phi) is 4.81. The highest BCUT2D eigenvalue weighted by molar-refractivity contribution is 6.35. The number of hydrogen-bond donors (Lipinski definition) is 1. The molecule has 2 N–H and O–H groups in total. The summed E-state index contributed by atoms with van der Waals surface area (Å²) in [4.78, 5) is 0. The molecular weight excluding hydrogens is 284 g/mol. The van der Waals surface area contributed by atoms with E-state index in [-0.39, 0.29) is 11.7 Å². The molecule has 0 radical (unpaired) electrons. The van der Waals surface area contributed by atoms with Crippen molar-refractivity contribution >= 4 is 23.2 Å². The summed E-state index contributed by atoms with van der Waals surface area (Å²) >= 11 is 12.0. The highest BCUT2D eigenvalue weighted by atomic mass is 35.5.